The summed E-state index contributed by atoms with van der Waals surface area (Å²) in [6.07, 6.45) is 2.11. The van der Waals surface area contributed by atoms with Gasteiger partial charge in [0, 0.05) is 16.3 Å². The number of benzene rings is 1. The smallest absolute Gasteiger partial charge is 0.230 e. The summed E-state index contributed by atoms with van der Waals surface area (Å²) >= 11 is 4.96. The van der Waals surface area contributed by atoms with Gasteiger partial charge in [-0.15, -0.1) is 11.8 Å². The van der Waals surface area contributed by atoms with E-state index in [0.29, 0.717) is 5.75 Å². The second-order valence-electron chi connectivity index (χ2n) is 3.90. The predicted octanol–water partition coefficient (Wildman–Crippen LogP) is 3.46. The average molecular weight is 316 g/mol. The molecule has 0 saturated heterocycles. The molecule has 1 aromatic rings. The van der Waals surface area contributed by atoms with Crippen molar-refractivity contribution in [3.8, 4) is 0 Å². The number of alkyl halides is 1. The van der Waals surface area contributed by atoms with Gasteiger partial charge in [-0.1, -0.05) is 34.1 Å². The number of amides is 1. The van der Waals surface area contributed by atoms with E-state index in [4.69, 9.17) is 0 Å². The molecule has 0 spiro atoms. The van der Waals surface area contributed by atoms with Crippen LogP contribution in [0.1, 0.15) is 19.8 Å². The fourth-order valence-electron chi connectivity index (χ4n) is 1.44. The quantitative estimate of drug-likeness (QED) is 0.616. The lowest BCUT2D eigenvalue weighted by Gasteiger charge is -2.12. The van der Waals surface area contributed by atoms with Crippen molar-refractivity contribution in [1.82, 2.24) is 5.32 Å². The van der Waals surface area contributed by atoms with Crippen LogP contribution in [0.3, 0.4) is 0 Å². The number of carbonyl (C=O) groups excluding carboxylic acids is 1. The maximum atomic E-state index is 11.6. The fraction of sp³-hybridized carbons (Fsp3) is 0.462. The van der Waals surface area contributed by atoms with Gasteiger partial charge in [0.25, 0.3) is 0 Å². The van der Waals surface area contributed by atoms with E-state index in [0.717, 1.165) is 23.1 Å². The minimum atomic E-state index is 0.112. The molecule has 1 unspecified atom stereocenters. The summed E-state index contributed by atoms with van der Waals surface area (Å²) in [5.74, 6) is 0.601. The van der Waals surface area contributed by atoms with E-state index in [1.807, 2.05) is 37.3 Å². The summed E-state index contributed by atoms with van der Waals surface area (Å²) in [7, 11) is 0. The number of hydrogen-bond acceptors (Lipinski definition) is 2. The Morgan fingerprint density at radius 3 is 2.76 bits per heavy atom. The molecule has 1 N–H and O–H groups in total. The first-order valence-corrected chi connectivity index (χ1v) is 7.86. The van der Waals surface area contributed by atoms with Gasteiger partial charge in [-0.3, -0.25) is 4.79 Å². The van der Waals surface area contributed by atoms with Crippen molar-refractivity contribution in [3.05, 3.63) is 30.3 Å². The van der Waals surface area contributed by atoms with E-state index in [1.54, 1.807) is 11.8 Å². The SMILES string of the molecule is CC(CCCBr)NC(=O)CSc1ccccc1. The van der Waals surface area contributed by atoms with E-state index < -0.39 is 0 Å². The molecule has 0 bridgehead atoms. The molecule has 94 valence electrons. The summed E-state index contributed by atoms with van der Waals surface area (Å²) < 4.78 is 0. The zero-order valence-electron chi connectivity index (χ0n) is 9.99. The fourth-order valence-corrected chi connectivity index (χ4v) is 2.49. The van der Waals surface area contributed by atoms with Gasteiger partial charge in [0.15, 0.2) is 0 Å². The van der Waals surface area contributed by atoms with Crippen LogP contribution in [0.25, 0.3) is 0 Å². The molecule has 4 heteroatoms. The summed E-state index contributed by atoms with van der Waals surface area (Å²) in [6.45, 7) is 2.05. The number of halogens is 1. The monoisotopic (exact) mass is 315 g/mol. The van der Waals surface area contributed by atoms with Crippen LogP contribution in [0.4, 0.5) is 0 Å². The molecule has 1 aromatic carbocycles. The first kappa shape index (κ1) is 14.6. The Labute approximate surface area is 116 Å². The number of carbonyl (C=O) groups is 1. The van der Waals surface area contributed by atoms with Crippen molar-refractivity contribution in [1.29, 1.82) is 0 Å². The molecule has 1 rings (SSSR count). The highest BCUT2D eigenvalue weighted by Crippen LogP contribution is 2.16. The first-order valence-electron chi connectivity index (χ1n) is 5.75. The third-order valence-electron chi connectivity index (χ3n) is 2.29. The molecule has 0 fully saturated rings. The third kappa shape index (κ3) is 6.74. The molecule has 0 aromatic heterocycles. The van der Waals surface area contributed by atoms with E-state index in [2.05, 4.69) is 21.2 Å². The molecule has 0 aliphatic carbocycles. The Hall–Kier alpha value is -0.480. The molecule has 0 radical (unpaired) electrons. The third-order valence-corrected chi connectivity index (χ3v) is 3.86. The molecule has 2 nitrogen and oxygen atoms in total. The number of nitrogens with one attached hydrogen (secondary N) is 1. The van der Waals surface area contributed by atoms with Crippen LogP contribution < -0.4 is 5.32 Å². The van der Waals surface area contributed by atoms with E-state index in [-0.39, 0.29) is 11.9 Å². The summed E-state index contributed by atoms with van der Waals surface area (Å²) in [5.41, 5.74) is 0. The highest BCUT2D eigenvalue weighted by molar-refractivity contribution is 9.09. The largest absolute Gasteiger partial charge is 0.353 e. The first-order chi connectivity index (χ1) is 8.22. The second-order valence-corrected chi connectivity index (χ2v) is 5.74. The van der Waals surface area contributed by atoms with Crippen LogP contribution >= 0.6 is 27.7 Å². The molecule has 17 heavy (non-hydrogen) atoms. The summed E-state index contributed by atoms with van der Waals surface area (Å²) in [6, 6.07) is 10.2. The van der Waals surface area contributed by atoms with Crippen LogP contribution in [-0.2, 0) is 4.79 Å². The van der Waals surface area contributed by atoms with Crippen molar-refractivity contribution >= 4 is 33.6 Å². The second kappa shape index (κ2) is 8.59. The van der Waals surface area contributed by atoms with Gasteiger partial charge >= 0.3 is 0 Å². The molecular formula is C13H18BrNOS. The number of rotatable bonds is 7. The van der Waals surface area contributed by atoms with Crippen molar-refractivity contribution in [3.63, 3.8) is 0 Å². The van der Waals surface area contributed by atoms with Crippen LogP contribution in [0.2, 0.25) is 0 Å². The highest BCUT2D eigenvalue weighted by Gasteiger charge is 2.07. The molecule has 1 atom stereocenters. The van der Waals surface area contributed by atoms with E-state index >= 15 is 0 Å². The standard InChI is InChI=1S/C13H18BrNOS/c1-11(6-5-9-14)15-13(16)10-17-12-7-3-2-4-8-12/h2-4,7-8,11H,5-6,9-10H2,1H3,(H,15,16). The molecule has 0 aliphatic heterocycles. The van der Waals surface area contributed by atoms with Crippen LogP contribution in [0.5, 0.6) is 0 Å². The van der Waals surface area contributed by atoms with Crippen molar-refractivity contribution in [2.45, 2.75) is 30.7 Å². The van der Waals surface area contributed by atoms with Gasteiger partial charge in [0.05, 0.1) is 5.75 Å². The van der Waals surface area contributed by atoms with Crippen LogP contribution in [-0.4, -0.2) is 23.0 Å². The zero-order chi connectivity index (χ0) is 12.5. The Morgan fingerprint density at radius 2 is 2.12 bits per heavy atom. The van der Waals surface area contributed by atoms with Crippen LogP contribution in [0.15, 0.2) is 35.2 Å². The summed E-state index contributed by atoms with van der Waals surface area (Å²) in [4.78, 5) is 12.8. The normalized spacial score (nSPS) is 12.1. The molecule has 0 aliphatic rings. The zero-order valence-corrected chi connectivity index (χ0v) is 12.4. The van der Waals surface area contributed by atoms with E-state index in [9.17, 15) is 4.79 Å². The van der Waals surface area contributed by atoms with Gasteiger partial charge in [-0.05, 0) is 31.9 Å². The molecule has 0 saturated carbocycles. The molecule has 1 amide bonds. The Kier molecular flexibility index (Phi) is 7.37. The lowest BCUT2D eigenvalue weighted by molar-refractivity contribution is -0.119. The molecular weight excluding hydrogens is 298 g/mol. The predicted molar refractivity (Wildman–Crippen MR) is 77.8 cm³/mol. The van der Waals surface area contributed by atoms with Crippen LogP contribution in [0, 0.1) is 0 Å². The lowest BCUT2D eigenvalue weighted by atomic mass is 10.2. The molecule has 0 heterocycles. The lowest BCUT2D eigenvalue weighted by Crippen LogP contribution is -2.33. The number of thioether (sulfide) groups is 1. The van der Waals surface area contributed by atoms with Gasteiger partial charge in [-0.25, -0.2) is 0 Å². The van der Waals surface area contributed by atoms with Crippen molar-refractivity contribution in [2.75, 3.05) is 11.1 Å². The van der Waals surface area contributed by atoms with E-state index in [1.165, 1.54) is 0 Å². The Morgan fingerprint density at radius 1 is 1.41 bits per heavy atom. The number of hydrogen-bond donors (Lipinski definition) is 1. The van der Waals surface area contributed by atoms with Crippen molar-refractivity contribution < 1.29 is 4.79 Å². The Bertz CT molecular complexity index is 331. The Balaban J connectivity index is 2.21. The maximum Gasteiger partial charge on any atom is 0.230 e. The summed E-state index contributed by atoms with van der Waals surface area (Å²) in [5, 5.41) is 4.00. The highest BCUT2D eigenvalue weighted by atomic mass is 79.9. The minimum absolute atomic E-state index is 0.112. The van der Waals surface area contributed by atoms with Gasteiger partial charge in [0.2, 0.25) is 5.91 Å². The minimum Gasteiger partial charge on any atom is -0.353 e. The average Bonchev–Trinajstić information content (AvgIpc) is 2.35. The van der Waals surface area contributed by atoms with Gasteiger partial charge in [0.1, 0.15) is 0 Å². The maximum absolute atomic E-state index is 11.6. The topological polar surface area (TPSA) is 29.1 Å². The van der Waals surface area contributed by atoms with Gasteiger partial charge in [-0.2, -0.15) is 0 Å². The van der Waals surface area contributed by atoms with Gasteiger partial charge < -0.3 is 5.32 Å². The van der Waals surface area contributed by atoms with Crippen molar-refractivity contribution in [2.24, 2.45) is 0 Å².